The summed E-state index contributed by atoms with van der Waals surface area (Å²) in [5, 5.41) is 7.85. The number of carbonyl (C=O) groups excluding carboxylic acids is 1. The first-order chi connectivity index (χ1) is 15.3. The van der Waals surface area contributed by atoms with E-state index in [0.29, 0.717) is 22.8 Å². The predicted molar refractivity (Wildman–Crippen MR) is 131 cm³/mol. The Hall–Kier alpha value is -3.57. The van der Waals surface area contributed by atoms with E-state index in [9.17, 15) is 9.59 Å². The Bertz CT molecular complexity index is 1360. The van der Waals surface area contributed by atoms with E-state index >= 15 is 0 Å². The fourth-order valence-electron chi connectivity index (χ4n) is 3.76. The van der Waals surface area contributed by atoms with Crippen molar-refractivity contribution in [3.8, 4) is 11.1 Å². The molecule has 0 fully saturated rings. The summed E-state index contributed by atoms with van der Waals surface area (Å²) in [6.45, 7) is 4.35. The number of hydrogen-bond donors (Lipinski definition) is 2. The lowest BCUT2D eigenvalue weighted by Gasteiger charge is -2.19. The fourth-order valence-corrected chi connectivity index (χ4v) is 3.88. The van der Waals surface area contributed by atoms with E-state index in [4.69, 9.17) is 11.6 Å². The van der Waals surface area contributed by atoms with E-state index in [1.54, 1.807) is 19.2 Å². The Morgan fingerprint density at radius 3 is 2.22 bits per heavy atom. The van der Waals surface area contributed by atoms with Crippen molar-refractivity contribution in [2.75, 3.05) is 5.32 Å². The van der Waals surface area contributed by atoms with Crippen LogP contribution in [0.25, 0.3) is 21.9 Å². The molecule has 0 spiro atoms. The lowest BCUT2D eigenvalue weighted by atomic mass is 9.96. The van der Waals surface area contributed by atoms with Crippen LogP contribution in [0.4, 0.5) is 10.6 Å². The van der Waals surface area contributed by atoms with E-state index in [-0.39, 0.29) is 5.56 Å². The molecule has 2 N–H and O–H groups in total. The first-order valence-corrected chi connectivity index (χ1v) is 10.7. The molecule has 0 aliphatic heterocycles. The lowest BCUT2D eigenvalue weighted by Crippen LogP contribution is -2.32. The van der Waals surface area contributed by atoms with Crippen LogP contribution < -0.4 is 16.2 Å². The van der Waals surface area contributed by atoms with Gasteiger partial charge in [-0.3, -0.25) is 14.7 Å². The second-order valence-corrected chi connectivity index (χ2v) is 8.31. The van der Waals surface area contributed by atoms with Gasteiger partial charge in [0.15, 0.2) is 0 Å². The number of halogens is 1. The molecule has 0 aliphatic carbocycles. The summed E-state index contributed by atoms with van der Waals surface area (Å²) >= 11 is 5.93. The molecule has 0 bridgehead atoms. The third-order valence-electron chi connectivity index (χ3n) is 5.67. The Balaban J connectivity index is 1.78. The predicted octanol–water partition coefficient (Wildman–Crippen LogP) is 5.80. The highest BCUT2D eigenvalue weighted by atomic mass is 35.5. The highest BCUT2D eigenvalue weighted by molar-refractivity contribution is 6.30. The summed E-state index contributed by atoms with van der Waals surface area (Å²) in [4.78, 5) is 26.0. The average molecular weight is 446 g/mol. The number of nitrogens with zero attached hydrogens (tertiary/aromatic N) is 1. The van der Waals surface area contributed by atoms with Gasteiger partial charge in [-0.2, -0.15) is 0 Å². The number of urea groups is 1. The Morgan fingerprint density at radius 1 is 0.938 bits per heavy atom. The molecule has 0 saturated carbocycles. The van der Waals surface area contributed by atoms with Crippen molar-refractivity contribution in [1.29, 1.82) is 0 Å². The smallest absolute Gasteiger partial charge is 0.320 e. The number of aromatic nitrogens is 1. The summed E-state index contributed by atoms with van der Waals surface area (Å²) < 4.78 is 1.50. The number of rotatable bonds is 4. The number of hydrogen-bond acceptors (Lipinski definition) is 2. The fraction of sp³-hybridized carbons (Fsp3) is 0.154. The summed E-state index contributed by atoms with van der Waals surface area (Å²) in [6, 6.07) is 20.6. The SMILES string of the molecule is Cc1cc2c(-c3ccccc3)c(NC(=O)NCc3ccc(Cl)cc3)n(C)c(=O)c2cc1C. The summed E-state index contributed by atoms with van der Waals surface area (Å²) in [6.07, 6.45) is 0. The zero-order valence-corrected chi connectivity index (χ0v) is 19.0. The van der Waals surface area contributed by atoms with Crippen molar-refractivity contribution in [3.05, 3.63) is 98.8 Å². The zero-order valence-electron chi connectivity index (χ0n) is 18.2. The monoisotopic (exact) mass is 445 g/mol. The molecule has 0 aliphatic rings. The maximum atomic E-state index is 13.2. The van der Waals surface area contributed by atoms with Gasteiger partial charge in [0.05, 0.1) is 0 Å². The number of pyridine rings is 1. The highest BCUT2D eigenvalue weighted by Gasteiger charge is 2.19. The molecule has 5 nitrogen and oxygen atoms in total. The number of benzene rings is 3. The minimum atomic E-state index is -0.393. The first-order valence-electron chi connectivity index (χ1n) is 10.3. The standard InChI is InChI=1S/C26H24ClN3O2/c1-16-13-21-22(14-17(16)2)25(31)30(3)24(23(21)19-7-5-4-6-8-19)29-26(32)28-15-18-9-11-20(27)12-10-18/h4-14H,15H2,1-3H3,(H2,28,29,32). The third kappa shape index (κ3) is 4.25. The summed E-state index contributed by atoms with van der Waals surface area (Å²) in [5.41, 5.74) is 4.63. The van der Waals surface area contributed by atoms with Crippen molar-refractivity contribution >= 4 is 34.2 Å². The Morgan fingerprint density at radius 2 is 1.56 bits per heavy atom. The molecule has 1 aromatic heterocycles. The van der Waals surface area contributed by atoms with Gasteiger partial charge in [0, 0.05) is 29.6 Å². The quantitative estimate of drug-likeness (QED) is 0.417. The van der Waals surface area contributed by atoms with Crippen LogP contribution >= 0.6 is 11.6 Å². The third-order valence-corrected chi connectivity index (χ3v) is 5.92. The van der Waals surface area contributed by atoms with Crippen molar-refractivity contribution in [3.63, 3.8) is 0 Å². The van der Waals surface area contributed by atoms with Crippen molar-refractivity contribution in [2.24, 2.45) is 7.05 Å². The molecule has 6 heteroatoms. The molecule has 0 radical (unpaired) electrons. The number of nitrogens with one attached hydrogen (secondary N) is 2. The van der Waals surface area contributed by atoms with E-state index < -0.39 is 6.03 Å². The minimum Gasteiger partial charge on any atom is -0.334 e. The van der Waals surface area contributed by atoms with Crippen LogP contribution in [0.2, 0.25) is 5.02 Å². The first kappa shape index (κ1) is 21.7. The zero-order chi connectivity index (χ0) is 22.8. The molecule has 0 saturated heterocycles. The van der Waals surface area contributed by atoms with E-state index in [2.05, 4.69) is 10.6 Å². The second-order valence-electron chi connectivity index (χ2n) is 7.87. The molecule has 2 amide bonds. The molecule has 4 rings (SSSR count). The minimum absolute atomic E-state index is 0.157. The largest absolute Gasteiger partial charge is 0.334 e. The molecular weight excluding hydrogens is 422 g/mol. The maximum absolute atomic E-state index is 13.2. The number of carbonyl (C=O) groups is 1. The number of fused-ring (bicyclic) bond motifs is 1. The van der Waals surface area contributed by atoms with Crippen LogP contribution in [-0.2, 0) is 13.6 Å². The topological polar surface area (TPSA) is 63.1 Å². The van der Waals surface area contributed by atoms with Gasteiger partial charge < -0.3 is 5.32 Å². The van der Waals surface area contributed by atoms with Crippen LogP contribution in [-0.4, -0.2) is 10.6 Å². The van der Waals surface area contributed by atoms with Gasteiger partial charge in [-0.05, 0) is 59.7 Å². The molecule has 0 unspecified atom stereocenters. The van der Waals surface area contributed by atoms with E-state index in [0.717, 1.165) is 33.2 Å². The van der Waals surface area contributed by atoms with E-state index in [1.165, 1.54) is 4.57 Å². The van der Waals surface area contributed by atoms with Crippen LogP contribution in [0.15, 0.2) is 71.5 Å². The number of aryl methyl sites for hydroxylation is 2. The van der Waals surface area contributed by atoms with Crippen LogP contribution in [0.1, 0.15) is 16.7 Å². The molecule has 32 heavy (non-hydrogen) atoms. The van der Waals surface area contributed by atoms with Gasteiger partial charge in [-0.25, -0.2) is 4.79 Å². The van der Waals surface area contributed by atoms with Crippen LogP contribution in [0, 0.1) is 13.8 Å². The van der Waals surface area contributed by atoms with Crippen LogP contribution in [0.5, 0.6) is 0 Å². The Kier molecular flexibility index (Phi) is 6.01. The van der Waals surface area contributed by atoms with E-state index in [1.807, 2.05) is 68.4 Å². The molecule has 0 atom stereocenters. The van der Waals surface area contributed by atoms with Gasteiger partial charge in [-0.15, -0.1) is 0 Å². The number of amides is 2. The number of anilines is 1. The maximum Gasteiger partial charge on any atom is 0.320 e. The normalized spacial score (nSPS) is 10.9. The molecule has 162 valence electrons. The van der Waals surface area contributed by atoms with Gasteiger partial charge >= 0.3 is 6.03 Å². The average Bonchev–Trinajstić information content (AvgIpc) is 2.79. The molecular formula is C26H24ClN3O2. The van der Waals surface area contributed by atoms with Gasteiger partial charge in [0.2, 0.25) is 0 Å². The molecule has 3 aromatic carbocycles. The van der Waals surface area contributed by atoms with Crippen LogP contribution in [0.3, 0.4) is 0 Å². The molecule has 1 heterocycles. The summed E-state index contributed by atoms with van der Waals surface area (Å²) in [5.74, 6) is 0.450. The van der Waals surface area contributed by atoms with Crippen molar-refractivity contribution in [1.82, 2.24) is 9.88 Å². The van der Waals surface area contributed by atoms with Crippen molar-refractivity contribution in [2.45, 2.75) is 20.4 Å². The Labute approximate surface area is 191 Å². The van der Waals surface area contributed by atoms with Gasteiger partial charge in [0.1, 0.15) is 5.82 Å². The molecule has 4 aromatic rings. The summed E-state index contributed by atoms with van der Waals surface area (Å²) in [7, 11) is 1.68. The van der Waals surface area contributed by atoms with Gasteiger partial charge in [-0.1, -0.05) is 60.1 Å². The second kappa shape index (κ2) is 8.89. The van der Waals surface area contributed by atoms with Crippen molar-refractivity contribution < 1.29 is 4.79 Å². The highest BCUT2D eigenvalue weighted by Crippen LogP contribution is 2.34. The lowest BCUT2D eigenvalue weighted by molar-refractivity contribution is 0.251. The van der Waals surface area contributed by atoms with Gasteiger partial charge in [0.25, 0.3) is 5.56 Å².